The van der Waals surface area contributed by atoms with E-state index in [0.717, 1.165) is 11.3 Å². The third-order valence-electron chi connectivity index (χ3n) is 2.82. The van der Waals surface area contributed by atoms with Crippen molar-refractivity contribution in [3.63, 3.8) is 0 Å². The van der Waals surface area contributed by atoms with Gasteiger partial charge in [0.1, 0.15) is 5.75 Å². The number of halogens is 2. The second-order valence-electron chi connectivity index (χ2n) is 4.25. The number of nitrogens with one attached hydrogen (secondary N) is 1. The van der Waals surface area contributed by atoms with Gasteiger partial charge in [0, 0.05) is 6.20 Å². The van der Waals surface area contributed by atoms with Crippen LogP contribution in [0.4, 0.5) is 0 Å². The minimum Gasteiger partial charge on any atom is -0.497 e. The molecule has 21 heavy (non-hydrogen) atoms. The maximum atomic E-state index is 11.8. The number of hydrogen-bond acceptors (Lipinski definition) is 3. The number of H-pyrrole nitrogens is 1. The highest BCUT2D eigenvalue weighted by Gasteiger charge is 2.04. The zero-order chi connectivity index (χ0) is 15.4. The molecule has 1 aromatic carbocycles. The van der Waals surface area contributed by atoms with Gasteiger partial charge in [-0.25, -0.2) is 4.79 Å². The molecule has 0 aliphatic rings. The van der Waals surface area contributed by atoms with E-state index in [0.29, 0.717) is 15.5 Å². The Morgan fingerprint density at radius 3 is 2.52 bits per heavy atom. The van der Waals surface area contributed by atoms with E-state index in [9.17, 15) is 9.59 Å². The third kappa shape index (κ3) is 4.18. The molecular weight excluding hydrogens is 404 g/mol. The lowest BCUT2D eigenvalue weighted by Gasteiger charge is -2.07. The molecule has 0 bridgehead atoms. The van der Waals surface area contributed by atoms with Crippen molar-refractivity contribution in [2.75, 3.05) is 7.11 Å². The molecule has 1 N–H and O–H groups in total. The van der Waals surface area contributed by atoms with Gasteiger partial charge >= 0.3 is 5.69 Å². The highest BCUT2D eigenvalue weighted by Crippen LogP contribution is 2.16. The zero-order valence-electron chi connectivity index (χ0n) is 11.1. The van der Waals surface area contributed by atoms with Gasteiger partial charge < -0.3 is 4.74 Å². The Bertz CT molecular complexity index is 772. The van der Waals surface area contributed by atoms with Crippen LogP contribution in [0.5, 0.6) is 5.75 Å². The van der Waals surface area contributed by atoms with Crippen LogP contribution in [0.1, 0.15) is 11.1 Å². The second-order valence-corrected chi connectivity index (χ2v) is 7.03. The van der Waals surface area contributed by atoms with Crippen LogP contribution < -0.4 is 16.0 Å². The van der Waals surface area contributed by atoms with Gasteiger partial charge in [-0.1, -0.05) is 12.1 Å². The molecule has 1 heterocycles. The van der Waals surface area contributed by atoms with Crippen molar-refractivity contribution < 1.29 is 4.74 Å². The highest BCUT2D eigenvalue weighted by atomic mass is 79.9. The topological polar surface area (TPSA) is 64.1 Å². The summed E-state index contributed by atoms with van der Waals surface area (Å²) in [7, 11) is 1.60. The lowest BCUT2D eigenvalue weighted by molar-refractivity contribution is 0.414. The first-order valence-corrected chi connectivity index (χ1v) is 7.57. The van der Waals surface area contributed by atoms with Gasteiger partial charge in [0.15, 0.2) is 0 Å². The minimum absolute atomic E-state index is 0.361. The van der Waals surface area contributed by atoms with Crippen LogP contribution in [0.2, 0.25) is 0 Å². The first kappa shape index (κ1) is 15.8. The quantitative estimate of drug-likeness (QED) is 0.834. The molecule has 0 amide bonds. The molecule has 110 valence electrons. The molecule has 7 heteroatoms. The fourth-order valence-electron chi connectivity index (χ4n) is 1.79. The molecule has 2 rings (SSSR count). The standard InChI is InChI=1S/C14H12Br2N2O3/c1-21-11-4-2-9(3-5-11)7-18-8-10(6-12(15)16)13(19)17-14(18)20/h2-6,8H,7H2,1H3,(H,17,19,20). The van der Waals surface area contributed by atoms with E-state index in [1.807, 2.05) is 24.3 Å². The third-order valence-corrected chi connectivity index (χ3v) is 3.27. The van der Waals surface area contributed by atoms with Gasteiger partial charge in [-0.05, 0) is 55.6 Å². The van der Waals surface area contributed by atoms with E-state index in [1.165, 1.54) is 10.8 Å². The minimum atomic E-state index is -0.446. The van der Waals surface area contributed by atoms with Crippen molar-refractivity contribution >= 4 is 37.9 Å². The summed E-state index contributed by atoms with van der Waals surface area (Å²) in [6, 6.07) is 7.38. The Kier molecular flexibility index (Phi) is 5.19. The van der Waals surface area contributed by atoms with Crippen LogP contribution in [-0.2, 0) is 6.54 Å². The number of benzene rings is 1. The second kappa shape index (κ2) is 6.91. The lowest BCUT2D eigenvalue weighted by atomic mass is 10.2. The highest BCUT2D eigenvalue weighted by molar-refractivity contribution is 9.28. The van der Waals surface area contributed by atoms with Crippen molar-refractivity contribution in [1.29, 1.82) is 0 Å². The van der Waals surface area contributed by atoms with Gasteiger partial charge in [0.2, 0.25) is 0 Å². The van der Waals surface area contributed by atoms with Crippen molar-refractivity contribution in [3.8, 4) is 5.75 Å². The molecule has 2 aromatic rings. The number of aromatic nitrogens is 2. The predicted molar refractivity (Wildman–Crippen MR) is 89.2 cm³/mol. The smallest absolute Gasteiger partial charge is 0.328 e. The summed E-state index contributed by atoms with van der Waals surface area (Å²) >= 11 is 6.39. The van der Waals surface area contributed by atoms with Crippen molar-refractivity contribution in [2.24, 2.45) is 0 Å². The summed E-state index contributed by atoms with van der Waals surface area (Å²) < 4.78 is 7.15. The maximum absolute atomic E-state index is 11.8. The predicted octanol–water partition coefficient (Wildman–Crippen LogP) is 2.68. The summed E-state index contributed by atoms with van der Waals surface area (Å²) in [6.45, 7) is 0.361. The van der Waals surface area contributed by atoms with Gasteiger partial charge in [-0.2, -0.15) is 0 Å². The summed E-state index contributed by atoms with van der Waals surface area (Å²) in [6.07, 6.45) is 3.11. The van der Waals surface area contributed by atoms with Gasteiger partial charge in [-0.15, -0.1) is 0 Å². The van der Waals surface area contributed by atoms with Crippen molar-refractivity contribution in [1.82, 2.24) is 9.55 Å². The maximum Gasteiger partial charge on any atom is 0.328 e. The summed E-state index contributed by atoms with van der Waals surface area (Å²) in [5, 5.41) is 0. The van der Waals surface area contributed by atoms with Crippen LogP contribution in [0, 0.1) is 0 Å². The van der Waals surface area contributed by atoms with Gasteiger partial charge in [0.05, 0.1) is 22.6 Å². The Morgan fingerprint density at radius 1 is 1.29 bits per heavy atom. The first-order chi connectivity index (χ1) is 9.99. The van der Waals surface area contributed by atoms with E-state index >= 15 is 0 Å². The number of aromatic amines is 1. The van der Waals surface area contributed by atoms with Crippen LogP contribution >= 0.6 is 31.9 Å². The number of hydrogen-bond donors (Lipinski definition) is 1. The van der Waals surface area contributed by atoms with E-state index < -0.39 is 11.2 Å². The van der Waals surface area contributed by atoms with Gasteiger partial charge in [-0.3, -0.25) is 14.3 Å². The van der Waals surface area contributed by atoms with Gasteiger partial charge in [0.25, 0.3) is 5.56 Å². The average Bonchev–Trinajstić information content (AvgIpc) is 2.44. The molecule has 0 spiro atoms. The number of ether oxygens (including phenoxy) is 1. The number of nitrogens with zero attached hydrogens (tertiary/aromatic N) is 1. The molecule has 0 saturated carbocycles. The Hall–Kier alpha value is -1.60. The number of rotatable bonds is 4. The Labute approximate surface area is 137 Å². The Balaban J connectivity index is 2.37. The normalized spacial score (nSPS) is 10.2. The molecule has 0 fully saturated rings. The zero-order valence-corrected chi connectivity index (χ0v) is 14.3. The monoisotopic (exact) mass is 414 g/mol. The van der Waals surface area contributed by atoms with Crippen LogP contribution in [-0.4, -0.2) is 16.7 Å². The first-order valence-electron chi connectivity index (χ1n) is 5.99. The molecule has 0 saturated heterocycles. The van der Waals surface area contributed by atoms with E-state index in [4.69, 9.17) is 4.74 Å². The van der Waals surface area contributed by atoms with Crippen LogP contribution in [0.3, 0.4) is 0 Å². The summed E-state index contributed by atoms with van der Waals surface area (Å²) in [5.41, 5.74) is 0.436. The van der Waals surface area contributed by atoms with E-state index in [1.54, 1.807) is 13.2 Å². The largest absolute Gasteiger partial charge is 0.497 e. The molecule has 0 unspecified atom stereocenters. The van der Waals surface area contributed by atoms with E-state index in [-0.39, 0.29) is 0 Å². The molecule has 0 radical (unpaired) electrons. The molecule has 0 aliphatic heterocycles. The Morgan fingerprint density at radius 2 is 1.95 bits per heavy atom. The summed E-state index contributed by atoms with van der Waals surface area (Å²) in [5.74, 6) is 0.749. The number of methoxy groups -OCH3 is 1. The fraction of sp³-hybridized carbons (Fsp3) is 0.143. The molecule has 1 aromatic heterocycles. The van der Waals surface area contributed by atoms with Crippen LogP contribution in [0.15, 0.2) is 43.4 Å². The van der Waals surface area contributed by atoms with Crippen LogP contribution in [0.25, 0.3) is 6.08 Å². The molecular formula is C14H12Br2N2O3. The van der Waals surface area contributed by atoms with Crippen molar-refractivity contribution in [2.45, 2.75) is 6.54 Å². The lowest BCUT2D eigenvalue weighted by Crippen LogP contribution is -2.31. The molecule has 0 atom stereocenters. The molecule has 0 aliphatic carbocycles. The average molecular weight is 416 g/mol. The summed E-state index contributed by atoms with van der Waals surface area (Å²) in [4.78, 5) is 25.8. The fourth-order valence-corrected chi connectivity index (χ4v) is 2.28. The molecule has 5 nitrogen and oxygen atoms in total. The van der Waals surface area contributed by atoms with Crippen molar-refractivity contribution in [3.05, 3.63) is 65.8 Å². The van der Waals surface area contributed by atoms with E-state index in [2.05, 4.69) is 36.8 Å². The SMILES string of the molecule is COc1ccc(Cn2cc(C=C(Br)Br)c(=O)[nH]c2=O)cc1.